The van der Waals surface area contributed by atoms with Crippen LogP contribution in [0.1, 0.15) is 109 Å². The van der Waals surface area contributed by atoms with Crippen LogP contribution in [0.5, 0.6) is 0 Å². The van der Waals surface area contributed by atoms with Crippen molar-refractivity contribution >= 4 is 49.9 Å². The molecule has 0 saturated carbocycles. The van der Waals surface area contributed by atoms with Gasteiger partial charge in [-0.1, -0.05) is 114 Å². The molecule has 3 N–H and O–H groups in total. The van der Waals surface area contributed by atoms with E-state index in [2.05, 4.69) is 17.6 Å². The maximum absolute atomic E-state index is 12.2. The molecule has 1 aliphatic rings. The van der Waals surface area contributed by atoms with Crippen molar-refractivity contribution in [3.05, 3.63) is 35.9 Å². The molecule has 1 aromatic rings. The molecule has 0 bridgehead atoms. The van der Waals surface area contributed by atoms with Crippen LogP contribution in [0, 0.1) is 5.92 Å². The molecule has 1 aromatic carbocycles. The summed E-state index contributed by atoms with van der Waals surface area (Å²) in [6.45, 7) is 0.364. The van der Waals surface area contributed by atoms with Crippen LogP contribution in [0.3, 0.4) is 0 Å². The Kier molecular flexibility index (Phi) is 22.1. The minimum absolute atomic E-state index is 0.0901. The molecule has 9 nitrogen and oxygen atoms in total. The second-order valence-corrected chi connectivity index (χ2v) is 15.5. The van der Waals surface area contributed by atoms with E-state index >= 15 is 0 Å². The van der Waals surface area contributed by atoms with Gasteiger partial charge in [-0.25, -0.2) is 4.79 Å². The number of carbonyl (C=O) groups is 1. The fraction of sp³-hybridized carbons (Fsp3) is 0.758. The third-order valence-corrected chi connectivity index (χ3v) is 10.4. The monoisotopic (exact) mass is 700 g/mol. The first-order valence-corrected chi connectivity index (χ1v) is 20.3. The van der Waals surface area contributed by atoms with Gasteiger partial charge in [-0.05, 0) is 48.9 Å². The second-order valence-electron chi connectivity index (χ2n) is 12.2. The summed E-state index contributed by atoms with van der Waals surface area (Å²) in [5, 5.41) is 7.26. The summed E-state index contributed by atoms with van der Waals surface area (Å²) in [5.74, 6) is -0.0901. The van der Waals surface area contributed by atoms with Gasteiger partial charge in [0.05, 0.1) is 0 Å². The Labute approximate surface area is 289 Å². The van der Waals surface area contributed by atoms with Crippen molar-refractivity contribution in [2.24, 2.45) is 5.92 Å². The highest BCUT2D eigenvalue weighted by Gasteiger charge is 2.45. The Morgan fingerprint density at radius 3 is 2.07 bits per heavy atom. The van der Waals surface area contributed by atoms with E-state index < -0.39 is 25.1 Å². The third kappa shape index (κ3) is 18.3. The molecule has 5 atom stereocenters. The lowest BCUT2D eigenvalue weighted by Crippen LogP contribution is -2.37. The topological polar surface area (TPSA) is 108 Å². The number of benzene rings is 1. The van der Waals surface area contributed by atoms with Crippen molar-refractivity contribution in [1.82, 2.24) is 10.6 Å². The van der Waals surface area contributed by atoms with E-state index in [4.69, 9.17) is 47.3 Å². The van der Waals surface area contributed by atoms with Gasteiger partial charge in [-0.3, -0.25) is 0 Å². The molecule has 46 heavy (non-hydrogen) atoms. The van der Waals surface area contributed by atoms with E-state index in [1.165, 1.54) is 84.2 Å². The van der Waals surface area contributed by atoms with Crippen LogP contribution in [0.25, 0.3) is 0 Å². The molecule has 262 valence electrons. The number of carbonyl (C=O) groups excluding carboxylic acids is 1. The number of nitrogens with one attached hydrogen (secondary N) is 2. The summed E-state index contributed by atoms with van der Waals surface area (Å²) in [4.78, 5) is 22.6. The molecule has 13 heteroatoms. The molecular formula is C33H58BN2O7PS2. The Hall–Kier alpha value is -1.27. The van der Waals surface area contributed by atoms with Crippen molar-refractivity contribution in [3.63, 3.8) is 0 Å². The summed E-state index contributed by atoms with van der Waals surface area (Å²) < 4.78 is 27.5. The maximum Gasteiger partial charge on any atom is 0.508 e. The minimum Gasteiger partial charge on any atom is -0.431 e. The first-order valence-electron chi connectivity index (χ1n) is 17.3. The Balaban J connectivity index is 1.60. The normalized spacial score (nSPS) is 20.6. The van der Waals surface area contributed by atoms with Crippen LogP contribution in [0.15, 0.2) is 30.3 Å². The quantitative estimate of drug-likeness (QED) is 0.0326. The Morgan fingerprint density at radius 2 is 1.48 bits per heavy atom. The van der Waals surface area contributed by atoms with Gasteiger partial charge >= 0.3 is 12.9 Å². The highest BCUT2D eigenvalue weighted by Crippen LogP contribution is 2.48. The van der Waals surface area contributed by atoms with Crippen LogP contribution in [-0.2, 0) is 41.7 Å². The van der Waals surface area contributed by atoms with E-state index in [9.17, 15) is 9.69 Å². The zero-order valence-electron chi connectivity index (χ0n) is 28.3. The SMILES string of the molecule is B[C@@H]1O[C@H](COC(=O)OCc2ccccc2)[C@H](OP(O)(=S)OC)C1CCCNC(=S)NCCCCCCCCCCCCCCC. The summed E-state index contributed by atoms with van der Waals surface area (Å²) in [6, 6.07) is 9.15. The van der Waals surface area contributed by atoms with E-state index in [-0.39, 0.29) is 25.1 Å². The lowest BCUT2D eigenvalue weighted by atomic mass is 9.82. The smallest absolute Gasteiger partial charge is 0.431 e. The van der Waals surface area contributed by atoms with Gasteiger partial charge in [-0.15, -0.1) is 0 Å². The molecule has 0 spiro atoms. The zero-order chi connectivity index (χ0) is 33.5. The Morgan fingerprint density at radius 1 is 0.913 bits per heavy atom. The predicted molar refractivity (Wildman–Crippen MR) is 195 cm³/mol. The van der Waals surface area contributed by atoms with Crippen molar-refractivity contribution in [3.8, 4) is 0 Å². The molecule has 1 saturated heterocycles. The van der Waals surface area contributed by atoms with E-state index in [1.54, 1.807) is 0 Å². The molecule has 0 aromatic heterocycles. The van der Waals surface area contributed by atoms with Gasteiger partial charge in [0.15, 0.2) is 5.11 Å². The molecule has 1 fully saturated rings. The van der Waals surface area contributed by atoms with Crippen LogP contribution >= 0.6 is 18.9 Å². The van der Waals surface area contributed by atoms with E-state index in [1.807, 2.05) is 38.2 Å². The second kappa shape index (κ2) is 24.8. The number of thiocarbonyl (C=S) groups is 1. The zero-order valence-corrected chi connectivity index (χ0v) is 30.8. The molecule has 1 heterocycles. The molecule has 1 aliphatic heterocycles. The standard InChI is InChI=1S/C33H58BN2O7PS2/c1-3-4-5-6-7-8-9-10-11-12-13-14-18-23-35-32(45)36-24-19-22-28-30(43-44(38,46)39-2)29(42-31(28)34)26-41-33(37)40-25-27-20-16-15-17-21-27/h15-17,20-21,28-31H,3-14,18-19,22-26,34H2,1-2H3,(H,38,46)(H2,35,36,45)/t28?,29-,30-,31-,44?/m1/s1. The maximum atomic E-state index is 12.2. The lowest BCUT2D eigenvalue weighted by Gasteiger charge is -2.27. The van der Waals surface area contributed by atoms with Gasteiger partial charge in [0.1, 0.15) is 33.3 Å². The van der Waals surface area contributed by atoms with Crippen molar-refractivity contribution in [1.29, 1.82) is 0 Å². The van der Waals surface area contributed by atoms with Crippen molar-refractivity contribution in [2.75, 3.05) is 26.8 Å². The number of unbranched alkanes of at least 4 members (excludes halogenated alkanes) is 12. The number of ether oxygens (including phenoxy) is 3. The minimum atomic E-state index is -3.48. The largest absolute Gasteiger partial charge is 0.508 e. The first-order chi connectivity index (χ1) is 22.3. The van der Waals surface area contributed by atoms with Crippen LogP contribution in [0.4, 0.5) is 4.79 Å². The molecular weight excluding hydrogens is 642 g/mol. The highest BCUT2D eigenvalue weighted by molar-refractivity contribution is 8.07. The molecule has 2 rings (SSSR count). The summed E-state index contributed by atoms with van der Waals surface area (Å²) in [5.41, 5.74) is 0.857. The third-order valence-electron chi connectivity index (χ3n) is 8.40. The first kappa shape index (κ1) is 40.9. The van der Waals surface area contributed by atoms with Gasteiger partial charge in [0.2, 0.25) is 0 Å². The van der Waals surface area contributed by atoms with Crippen molar-refractivity contribution < 1.29 is 32.9 Å². The van der Waals surface area contributed by atoms with Gasteiger partial charge in [0.25, 0.3) is 0 Å². The Bertz CT molecular complexity index is 1010. The van der Waals surface area contributed by atoms with E-state index in [0.717, 1.165) is 31.4 Å². The number of hydrogen-bond donors (Lipinski definition) is 3. The van der Waals surface area contributed by atoms with Crippen molar-refractivity contribution in [2.45, 2.75) is 128 Å². The summed E-state index contributed by atoms with van der Waals surface area (Å²) >= 11 is 10.6. The van der Waals surface area contributed by atoms with Crippen LogP contribution < -0.4 is 10.6 Å². The number of hydrogen-bond acceptors (Lipinski definition) is 8. The van der Waals surface area contributed by atoms with Gasteiger partial charge in [-0.2, -0.15) is 0 Å². The fourth-order valence-corrected chi connectivity index (χ4v) is 6.92. The summed E-state index contributed by atoms with van der Waals surface area (Å²) in [6.07, 6.45) is 16.9. The fourth-order valence-electron chi connectivity index (χ4n) is 5.73. The summed E-state index contributed by atoms with van der Waals surface area (Å²) in [7, 11) is 3.26. The van der Waals surface area contributed by atoms with Crippen LogP contribution in [-0.4, -0.2) is 69.0 Å². The van der Waals surface area contributed by atoms with Gasteiger partial charge < -0.3 is 38.8 Å². The molecule has 2 unspecified atom stereocenters. The predicted octanol–water partition coefficient (Wildman–Crippen LogP) is 6.90. The highest BCUT2D eigenvalue weighted by atomic mass is 32.5. The lowest BCUT2D eigenvalue weighted by molar-refractivity contribution is -0.0272. The van der Waals surface area contributed by atoms with E-state index in [0.29, 0.717) is 11.7 Å². The molecule has 0 radical (unpaired) electrons. The average molecular weight is 701 g/mol. The average Bonchev–Trinajstić information content (AvgIpc) is 3.34. The van der Waals surface area contributed by atoms with Crippen LogP contribution in [0.2, 0.25) is 0 Å². The van der Waals surface area contributed by atoms with Gasteiger partial charge in [0, 0.05) is 32.1 Å². The number of rotatable bonds is 25. The molecule has 0 amide bonds. The molecule has 0 aliphatic carbocycles.